The molecular formula is C2Cl2F4SSe. The molecule has 0 unspecified atom stereocenters. The van der Waals surface area contributed by atoms with Crippen molar-refractivity contribution < 1.29 is 17.6 Å². The molecule has 0 aliphatic heterocycles. The molecule has 62 valence electrons. The Morgan fingerprint density at radius 1 is 1.10 bits per heavy atom. The molecule has 0 aromatic heterocycles. The number of rotatable bonds is 2. The van der Waals surface area contributed by atoms with Gasteiger partial charge in [-0.3, -0.25) is 0 Å². The van der Waals surface area contributed by atoms with Crippen molar-refractivity contribution in [2.75, 3.05) is 0 Å². The van der Waals surface area contributed by atoms with Crippen LogP contribution in [0.5, 0.6) is 0 Å². The van der Waals surface area contributed by atoms with Crippen molar-refractivity contribution in [1.29, 1.82) is 0 Å². The van der Waals surface area contributed by atoms with E-state index in [2.05, 4.69) is 23.2 Å². The third-order valence-electron chi connectivity index (χ3n) is 0.231. The summed E-state index contributed by atoms with van der Waals surface area (Å²) in [6.07, 6.45) is 0. The second kappa shape index (κ2) is 3.72. The minimum absolute atomic E-state index is 0.158. The standard InChI is InChI=1S/C2Cl2F4SSe/c3-1(4,5)9-10-2(6,7)8. The predicted octanol–water partition coefficient (Wildman–Crippen LogP) is 2.92. The summed E-state index contributed by atoms with van der Waals surface area (Å²) in [6.45, 7) is 0. The van der Waals surface area contributed by atoms with Gasteiger partial charge in [0.05, 0.1) is 0 Å². The quantitative estimate of drug-likeness (QED) is 0.426. The number of alkyl halides is 6. The van der Waals surface area contributed by atoms with Crippen molar-refractivity contribution >= 4 is 47.2 Å². The fourth-order valence-electron chi connectivity index (χ4n) is 0.0945. The molecule has 0 aliphatic rings. The normalized spacial score (nSPS) is 13.8. The summed E-state index contributed by atoms with van der Waals surface area (Å²) >= 11 is 7.31. The van der Waals surface area contributed by atoms with Crippen LogP contribution in [-0.4, -0.2) is 22.8 Å². The summed E-state index contributed by atoms with van der Waals surface area (Å²) in [5, 5.41) is -4.38. The van der Waals surface area contributed by atoms with Gasteiger partial charge in [-0.25, -0.2) is 0 Å². The first-order valence-electron chi connectivity index (χ1n) is 1.71. The van der Waals surface area contributed by atoms with Crippen LogP contribution in [0.4, 0.5) is 17.6 Å². The van der Waals surface area contributed by atoms with E-state index in [1.165, 1.54) is 0 Å². The number of hydrogen-bond acceptors (Lipinski definition) is 1. The Bertz CT molecular complexity index is 94.8. The molecule has 0 aromatic rings. The number of halogens is 6. The van der Waals surface area contributed by atoms with Crippen LogP contribution in [0.1, 0.15) is 0 Å². The summed E-state index contributed by atoms with van der Waals surface area (Å²) in [5.74, 6) is 0. The molecule has 0 heterocycles. The molecule has 8 heteroatoms. The average Bonchev–Trinajstić information content (AvgIpc) is 1.57. The topological polar surface area (TPSA) is 0 Å². The van der Waals surface area contributed by atoms with E-state index in [9.17, 15) is 17.6 Å². The van der Waals surface area contributed by atoms with Gasteiger partial charge in [-0.2, -0.15) is 0 Å². The van der Waals surface area contributed by atoms with Crippen molar-refractivity contribution in [2.45, 2.75) is 8.99 Å². The maximum absolute atomic E-state index is 11.9. The molecule has 0 aliphatic carbocycles. The van der Waals surface area contributed by atoms with Crippen molar-refractivity contribution in [3.05, 3.63) is 0 Å². The third kappa shape index (κ3) is 9.17. The van der Waals surface area contributed by atoms with E-state index in [0.717, 1.165) is 0 Å². The molecule has 0 bridgehead atoms. The Balaban J connectivity index is 3.56. The first-order valence-corrected chi connectivity index (χ1v) is 6.16. The summed E-state index contributed by atoms with van der Waals surface area (Å²) in [6, 6.07) is 0. The van der Waals surface area contributed by atoms with E-state index in [-0.39, 0.29) is 10.2 Å². The van der Waals surface area contributed by atoms with Crippen molar-refractivity contribution in [3.8, 4) is 0 Å². The molecule has 0 N–H and O–H groups in total. The SMILES string of the molecule is FC(Cl)(Cl)S[Se]C(F)(F)F. The van der Waals surface area contributed by atoms with E-state index in [1.54, 1.807) is 0 Å². The van der Waals surface area contributed by atoms with Crippen molar-refractivity contribution in [2.24, 2.45) is 0 Å². The molecule has 0 atom stereocenters. The maximum atomic E-state index is 11.9. The number of hydrogen-bond donors (Lipinski definition) is 0. The molecule has 0 radical (unpaired) electrons. The van der Waals surface area contributed by atoms with Gasteiger partial charge in [0.1, 0.15) is 0 Å². The van der Waals surface area contributed by atoms with Gasteiger partial charge in [-0.05, 0) is 0 Å². The zero-order valence-electron chi connectivity index (χ0n) is 4.08. The van der Waals surface area contributed by atoms with E-state index >= 15 is 0 Å². The summed E-state index contributed by atoms with van der Waals surface area (Å²) in [4.78, 5) is 0. The molecule has 10 heavy (non-hydrogen) atoms. The van der Waals surface area contributed by atoms with Crippen LogP contribution in [0, 0.1) is 0 Å². The first-order chi connectivity index (χ1) is 4.21. The molecule has 0 nitrogen and oxygen atoms in total. The van der Waals surface area contributed by atoms with Gasteiger partial charge in [0.25, 0.3) is 0 Å². The molecule has 0 fully saturated rings. The van der Waals surface area contributed by atoms with E-state index in [0.29, 0.717) is 0 Å². The van der Waals surface area contributed by atoms with Crippen LogP contribution < -0.4 is 0 Å². The van der Waals surface area contributed by atoms with Crippen molar-refractivity contribution in [1.82, 2.24) is 0 Å². The van der Waals surface area contributed by atoms with Crippen LogP contribution in [0.15, 0.2) is 0 Å². The second-order valence-corrected chi connectivity index (χ2v) is 6.71. The predicted molar refractivity (Wildman–Crippen MR) is 34.9 cm³/mol. The van der Waals surface area contributed by atoms with E-state index in [4.69, 9.17) is 0 Å². The van der Waals surface area contributed by atoms with Gasteiger partial charge < -0.3 is 0 Å². The van der Waals surface area contributed by atoms with Gasteiger partial charge in [-0.1, -0.05) is 0 Å². The van der Waals surface area contributed by atoms with Gasteiger partial charge in [0.2, 0.25) is 0 Å². The third-order valence-corrected chi connectivity index (χ3v) is 5.56. The Hall–Kier alpha value is 1.17. The first kappa shape index (κ1) is 11.2. The molecule has 0 saturated heterocycles. The summed E-state index contributed by atoms with van der Waals surface area (Å²) in [7, 11) is -0.158. The minimum atomic E-state index is -4.38. The fraction of sp³-hybridized carbons (Fsp3) is 1.00. The Morgan fingerprint density at radius 2 is 1.50 bits per heavy atom. The molecule has 0 spiro atoms. The summed E-state index contributed by atoms with van der Waals surface area (Å²) < 4.78 is 43.0. The van der Waals surface area contributed by atoms with Crippen LogP contribution in [-0.2, 0) is 0 Å². The van der Waals surface area contributed by atoms with Crippen LogP contribution in [0.2, 0.25) is 0 Å². The Labute approximate surface area is 73.8 Å². The zero-order chi connectivity index (χ0) is 8.41. The van der Waals surface area contributed by atoms with Crippen LogP contribution in [0.25, 0.3) is 0 Å². The van der Waals surface area contributed by atoms with E-state index in [1.807, 2.05) is 0 Å². The second-order valence-electron chi connectivity index (χ2n) is 1.06. The molecular weight excluding hydrogens is 282 g/mol. The molecule has 0 amide bonds. The Kier molecular flexibility index (Phi) is 4.15. The summed E-state index contributed by atoms with van der Waals surface area (Å²) in [5.41, 5.74) is 0. The monoisotopic (exact) mass is 282 g/mol. The molecule has 0 aromatic carbocycles. The van der Waals surface area contributed by atoms with Gasteiger partial charge in [0, 0.05) is 0 Å². The average molecular weight is 282 g/mol. The molecule has 0 rings (SSSR count). The van der Waals surface area contributed by atoms with Crippen LogP contribution >= 0.6 is 33.4 Å². The zero-order valence-corrected chi connectivity index (χ0v) is 8.13. The van der Waals surface area contributed by atoms with Gasteiger partial charge in [-0.15, -0.1) is 0 Å². The van der Waals surface area contributed by atoms with Gasteiger partial charge >= 0.3 is 73.8 Å². The van der Waals surface area contributed by atoms with E-state index < -0.39 is 22.8 Å². The fourth-order valence-corrected chi connectivity index (χ4v) is 2.45. The van der Waals surface area contributed by atoms with Crippen LogP contribution in [0.3, 0.4) is 0 Å². The Morgan fingerprint density at radius 3 is 1.60 bits per heavy atom. The van der Waals surface area contributed by atoms with Crippen molar-refractivity contribution in [3.63, 3.8) is 0 Å². The van der Waals surface area contributed by atoms with Gasteiger partial charge in [0.15, 0.2) is 0 Å². The molecule has 0 saturated carbocycles.